The number of halogens is 2. The standard InChI is InChI=1S/C23H25Cl2N5O2/c1-13(21-28-19-7-5-15(24)12-20(19)29-21)27-22(31)14-4-6-17(18(25)11-14)23(32)30-10-2-3-16(30)8-9-26/h4-7,11-13,16H,2-3,8-10,26H2,1H3,(H,27,31)(H,28,29)/t13-,16+/m0/s1. The third kappa shape index (κ3) is 4.60. The Balaban J connectivity index is 1.47. The number of aromatic nitrogens is 2. The summed E-state index contributed by atoms with van der Waals surface area (Å²) in [6.45, 7) is 3.07. The number of hydrogen-bond acceptors (Lipinski definition) is 4. The molecule has 7 nitrogen and oxygen atoms in total. The molecule has 1 saturated heterocycles. The maximum Gasteiger partial charge on any atom is 0.255 e. The van der Waals surface area contributed by atoms with Crippen molar-refractivity contribution in [1.82, 2.24) is 20.2 Å². The summed E-state index contributed by atoms with van der Waals surface area (Å²) in [6, 6.07) is 9.92. The molecule has 32 heavy (non-hydrogen) atoms. The molecule has 0 saturated carbocycles. The molecule has 0 unspecified atom stereocenters. The Morgan fingerprint density at radius 3 is 2.84 bits per heavy atom. The first kappa shape index (κ1) is 22.6. The van der Waals surface area contributed by atoms with E-state index in [-0.39, 0.29) is 28.9 Å². The van der Waals surface area contributed by atoms with Crippen molar-refractivity contribution in [2.45, 2.75) is 38.3 Å². The summed E-state index contributed by atoms with van der Waals surface area (Å²) in [5.41, 5.74) is 8.02. The van der Waals surface area contributed by atoms with Crippen LogP contribution in [0.25, 0.3) is 11.0 Å². The van der Waals surface area contributed by atoms with Crippen molar-refractivity contribution in [3.05, 3.63) is 63.4 Å². The maximum atomic E-state index is 13.0. The Morgan fingerprint density at radius 2 is 2.09 bits per heavy atom. The van der Waals surface area contributed by atoms with Crippen LogP contribution in [0.5, 0.6) is 0 Å². The van der Waals surface area contributed by atoms with Crippen LogP contribution in [0.15, 0.2) is 36.4 Å². The third-order valence-corrected chi connectivity index (χ3v) is 6.37. The van der Waals surface area contributed by atoms with Gasteiger partial charge in [-0.2, -0.15) is 0 Å². The van der Waals surface area contributed by atoms with Crippen molar-refractivity contribution in [2.75, 3.05) is 13.1 Å². The maximum absolute atomic E-state index is 13.0. The minimum absolute atomic E-state index is 0.118. The molecular formula is C23H25Cl2N5O2. The van der Waals surface area contributed by atoms with Crippen molar-refractivity contribution in [2.24, 2.45) is 5.73 Å². The lowest BCUT2D eigenvalue weighted by atomic mass is 10.1. The zero-order valence-corrected chi connectivity index (χ0v) is 19.2. The Hall–Kier alpha value is -2.61. The van der Waals surface area contributed by atoms with E-state index in [9.17, 15) is 9.59 Å². The molecule has 1 aliphatic rings. The first-order valence-corrected chi connectivity index (χ1v) is 11.4. The Bertz CT molecular complexity index is 1160. The van der Waals surface area contributed by atoms with E-state index in [0.29, 0.717) is 35.1 Å². The molecule has 2 atom stereocenters. The summed E-state index contributed by atoms with van der Waals surface area (Å²) >= 11 is 12.4. The number of likely N-dealkylation sites (tertiary alicyclic amines) is 1. The second-order valence-corrected chi connectivity index (χ2v) is 8.89. The van der Waals surface area contributed by atoms with E-state index in [4.69, 9.17) is 28.9 Å². The lowest BCUT2D eigenvalue weighted by molar-refractivity contribution is 0.0731. The number of nitrogens with two attached hydrogens (primary N) is 1. The molecule has 4 rings (SSSR count). The van der Waals surface area contributed by atoms with E-state index in [1.807, 2.05) is 17.9 Å². The number of amides is 2. The molecule has 0 aliphatic carbocycles. The van der Waals surface area contributed by atoms with Crippen molar-refractivity contribution >= 4 is 46.0 Å². The van der Waals surface area contributed by atoms with Gasteiger partial charge in [-0.1, -0.05) is 23.2 Å². The minimum Gasteiger partial charge on any atom is -0.342 e. The Labute approximate surface area is 196 Å². The van der Waals surface area contributed by atoms with Crippen LogP contribution >= 0.6 is 23.2 Å². The van der Waals surface area contributed by atoms with Gasteiger partial charge in [-0.25, -0.2) is 4.98 Å². The molecule has 0 spiro atoms. The Kier molecular flexibility index (Phi) is 6.69. The number of hydrogen-bond donors (Lipinski definition) is 3. The SMILES string of the molecule is C[C@H](NC(=O)c1ccc(C(=O)N2CCC[C@@H]2CCN)c(Cl)c1)c1nc2ccc(Cl)cc2[nH]1. The van der Waals surface area contributed by atoms with E-state index >= 15 is 0 Å². The molecule has 9 heteroatoms. The molecule has 168 valence electrons. The van der Waals surface area contributed by atoms with Gasteiger partial charge < -0.3 is 20.9 Å². The van der Waals surface area contributed by atoms with Crippen molar-refractivity contribution in [3.63, 3.8) is 0 Å². The largest absolute Gasteiger partial charge is 0.342 e. The van der Waals surface area contributed by atoms with E-state index in [1.165, 1.54) is 6.07 Å². The van der Waals surface area contributed by atoms with Crippen molar-refractivity contribution in [3.8, 4) is 0 Å². The molecule has 0 radical (unpaired) electrons. The molecule has 1 aliphatic heterocycles. The van der Waals surface area contributed by atoms with Crippen LogP contribution in [-0.4, -0.2) is 45.8 Å². The molecule has 3 aromatic rings. The molecule has 4 N–H and O–H groups in total. The number of nitrogens with zero attached hydrogens (tertiary/aromatic N) is 2. The van der Waals surface area contributed by atoms with Gasteiger partial charge in [-0.05, 0) is 69.1 Å². The van der Waals surface area contributed by atoms with Crippen LogP contribution in [0.3, 0.4) is 0 Å². The average molecular weight is 474 g/mol. The van der Waals surface area contributed by atoms with Gasteiger partial charge in [-0.3, -0.25) is 9.59 Å². The highest BCUT2D eigenvalue weighted by Crippen LogP contribution is 2.26. The van der Waals surface area contributed by atoms with Gasteiger partial charge >= 0.3 is 0 Å². The number of imidazole rings is 1. The zero-order valence-electron chi connectivity index (χ0n) is 17.7. The van der Waals surface area contributed by atoms with Crippen LogP contribution in [0.4, 0.5) is 0 Å². The summed E-state index contributed by atoms with van der Waals surface area (Å²) in [7, 11) is 0. The third-order valence-electron chi connectivity index (χ3n) is 5.82. The molecule has 0 bridgehead atoms. The van der Waals surface area contributed by atoms with Crippen LogP contribution in [-0.2, 0) is 0 Å². The van der Waals surface area contributed by atoms with Gasteiger partial charge in [0.25, 0.3) is 11.8 Å². The smallest absolute Gasteiger partial charge is 0.255 e. The van der Waals surface area contributed by atoms with E-state index in [1.54, 1.807) is 24.3 Å². The first-order chi connectivity index (χ1) is 15.4. The number of carbonyl (C=O) groups excluding carboxylic acids is 2. The summed E-state index contributed by atoms with van der Waals surface area (Å²) < 4.78 is 0. The van der Waals surface area contributed by atoms with Crippen LogP contribution in [0.2, 0.25) is 10.0 Å². The van der Waals surface area contributed by atoms with Crippen LogP contribution in [0, 0.1) is 0 Å². The number of H-pyrrole nitrogens is 1. The topological polar surface area (TPSA) is 104 Å². The number of benzene rings is 2. The predicted molar refractivity (Wildman–Crippen MR) is 126 cm³/mol. The number of rotatable bonds is 6. The molecule has 2 aromatic carbocycles. The minimum atomic E-state index is -0.365. The summed E-state index contributed by atoms with van der Waals surface area (Å²) in [5.74, 6) is 0.194. The first-order valence-electron chi connectivity index (χ1n) is 10.6. The highest BCUT2D eigenvalue weighted by molar-refractivity contribution is 6.34. The number of fused-ring (bicyclic) bond motifs is 1. The van der Waals surface area contributed by atoms with Crippen LogP contribution in [0.1, 0.15) is 58.8 Å². The molecule has 1 fully saturated rings. The quantitative estimate of drug-likeness (QED) is 0.495. The van der Waals surface area contributed by atoms with Gasteiger partial charge in [0.1, 0.15) is 5.82 Å². The zero-order chi connectivity index (χ0) is 22.8. The van der Waals surface area contributed by atoms with Crippen molar-refractivity contribution < 1.29 is 9.59 Å². The van der Waals surface area contributed by atoms with Gasteiger partial charge in [0, 0.05) is 23.2 Å². The van der Waals surface area contributed by atoms with E-state index in [2.05, 4.69) is 15.3 Å². The number of carbonyl (C=O) groups is 2. The lowest BCUT2D eigenvalue weighted by Gasteiger charge is -2.25. The summed E-state index contributed by atoms with van der Waals surface area (Å²) in [4.78, 5) is 35.3. The fourth-order valence-corrected chi connectivity index (χ4v) is 4.57. The van der Waals surface area contributed by atoms with Crippen molar-refractivity contribution in [1.29, 1.82) is 0 Å². The monoisotopic (exact) mass is 473 g/mol. The fraction of sp³-hybridized carbons (Fsp3) is 0.348. The van der Waals surface area contributed by atoms with E-state index < -0.39 is 0 Å². The van der Waals surface area contributed by atoms with Crippen LogP contribution < -0.4 is 11.1 Å². The highest BCUT2D eigenvalue weighted by atomic mass is 35.5. The van der Waals surface area contributed by atoms with Gasteiger partial charge in [0.15, 0.2) is 0 Å². The average Bonchev–Trinajstić information content (AvgIpc) is 3.40. The van der Waals surface area contributed by atoms with Gasteiger partial charge in [0.2, 0.25) is 0 Å². The molecule has 1 aromatic heterocycles. The normalized spacial score (nSPS) is 17.0. The summed E-state index contributed by atoms with van der Waals surface area (Å²) in [6.07, 6.45) is 2.68. The van der Waals surface area contributed by atoms with E-state index in [0.717, 1.165) is 30.3 Å². The second kappa shape index (κ2) is 9.48. The Morgan fingerprint density at radius 1 is 1.28 bits per heavy atom. The predicted octanol–water partition coefficient (Wildman–Crippen LogP) is 4.31. The lowest BCUT2D eigenvalue weighted by Crippen LogP contribution is -2.37. The molecule has 2 amide bonds. The highest BCUT2D eigenvalue weighted by Gasteiger charge is 2.30. The molecular weight excluding hydrogens is 449 g/mol. The van der Waals surface area contributed by atoms with Gasteiger partial charge in [-0.15, -0.1) is 0 Å². The number of aromatic amines is 1. The fourth-order valence-electron chi connectivity index (χ4n) is 4.14. The number of nitrogens with one attached hydrogen (secondary N) is 2. The second-order valence-electron chi connectivity index (χ2n) is 8.05. The molecule has 2 heterocycles. The summed E-state index contributed by atoms with van der Waals surface area (Å²) in [5, 5.41) is 3.77. The van der Waals surface area contributed by atoms with Gasteiger partial charge in [0.05, 0.1) is 27.7 Å².